The van der Waals surface area contributed by atoms with Crippen molar-refractivity contribution in [2.75, 3.05) is 20.7 Å². The smallest absolute Gasteiger partial charge is 0.242 e. The van der Waals surface area contributed by atoms with Gasteiger partial charge in [0.25, 0.3) is 0 Å². The van der Waals surface area contributed by atoms with Crippen molar-refractivity contribution in [1.29, 1.82) is 0 Å². The largest absolute Gasteiger partial charge is 0.496 e. The summed E-state index contributed by atoms with van der Waals surface area (Å²) in [6.45, 7) is 0.588. The molecule has 106 valence electrons. The number of methoxy groups -OCH3 is 1. The third-order valence-corrected chi connectivity index (χ3v) is 5.42. The van der Waals surface area contributed by atoms with Crippen LogP contribution in [0, 0.1) is 5.92 Å². The van der Waals surface area contributed by atoms with Gasteiger partial charge < -0.3 is 4.74 Å². The molecular formula is C13H18ClNO3S. The lowest BCUT2D eigenvalue weighted by atomic mass is 10.2. The first kappa shape index (κ1) is 14.6. The van der Waals surface area contributed by atoms with Crippen LogP contribution in [-0.2, 0) is 15.9 Å². The highest BCUT2D eigenvalue weighted by atomic mass is 35.5. The quantitative estimate of drug-likeness (QED) is 0.759. The van der Waals surface area contributed by atoms with Gasteiger partial charge >= 0.3 is 0 Å². The van der Waals surface area contributed by atoms with Gasteiger partial charge in [-0.2, -0.15) is 0 Å². The van der Waals surface area contributed by atoms with Gasteiger partial charge in [0.1, 0.15) is 5.75 Å². The number of hydrogen-bond donors (Lipinski definition) is 0. The Morgan fingerprint density at radius 1 is 1.42 bits per heavy atom. The fraction of sp³-hybridized carbons (Fsp3) is 0.538. The summed E-state index contributed by atoms with van der Waals surface area (Å²) in [5.41, 5.74) is 0.685. The number of alkyl halides is 1. The Labute approximate surface area is 119 Å². The minimum absolute atomic E-state index is 0.221. The lowest BCUT2D eigenvalue weighted by Gasteiger charge is -2.18. The summed E-state index contributed by atoms with van der Waals surface area (Å²) < 4.78 is 31.4. The maximum atomic E-state index is 12.4. The van der Waals surface area contributed by atoms with Gasteiger partial charge in [-0.1, -0.05) is 0 Å². The Balaban J connectivity index is 2.28. The maximum Gasteiger partial charge on any atom is 0.242 e. The van der Waals surface area contributed by atoms with E-state index in [1.165, 1.54) is 4.31 Å². The molecule has 0 atom stereocenters. The number of sulfonamides is 1. The van der Waals surface area contributed by atoms with E-state index in [0.717, 1.165) is 12.8 Å². The second-order valence-corrected chi connectivity index (χ2v) is 7.15. The molecule has 1 saturated carbocycles. The van der Waals surface area contributed by atoms with Gasteiger partial charge in [-0.15, -0.1) is 11.6 Å². The van der Waals surface area contributed by atoms with E-state index in [9.17, 15) is 8.42 Å². The summed E-state index contributed by atoms with van der Waals surface area (Å²) in [4.78, 5) is 0.270. The van der Waals surface area contributed by atoms with E-state index >= 15 is 0 Å². The third kappa shape index (κ3) is 3.22. The first-order chi connectivity index (χ1) is 8.98. The van der Waals surface area contributed by atoms with E-state index < -0.39 is 10.0 Å². The van der Waals surface area contributed by atoms with Gasteiger partial charge in [0.15, 0.2) is 0 Å². The van der Waals surface area contributed by atoms with Crippen LogP contribution in [0.3, 0.4) is 0 Å². The molecule has 0 N–H and O–H groups in total. The molecule has 0 saturated heterocycles. The van der Waals surface area contributed by atoms with E-state index in [1.54, 1.807) is 32.4 Å². The van der Waals surface area contributed by atoms with Gasteiger partial charge in [-0.05, 0) is 37.0 Å². The van der Waals surface area contributed by atoms with E-state index in [1.807, 2.05) is 0 Å². The summed E-state index contributed by atoms with van der Waals surface area (Å²) >= 11 is 5.82. The van der Waals surface area contributed by atoms with Crippen molar-refractivity contribution in [1.82, 2.24) is 4.31 Å². The highest BCUT2D eigenvalue weighted by molar-refractivity contribution is 7.89. The van der Waals surface area contributed by atoms with Crippen LogP contribution in [-0.4, -0.2) is 33.4 Å². The average Bonchev–Trinajstić information content (AvgIpc) is 3.21. The minimum atomic E-state index is -3.43. The molecule has 1 aliphatic rings. The van der Waals surface area contributed by atoms with Crippen LogP contribution in [0.1, 0.15) is 18.4 Å². The van der Waals surface area contributed by atoms with Crippen molar-refractivity contribution < 1.29 is 13.2 Å². The Bertz CT molecular complexity index is 555. The molecule has 0 bridgehead atoms. The van der Waals surface area contributed by atoms with Gasteiger partial charge in [0.05, 0.1) is 17.9 Å². The molecule has 0 spiro atoms. The lowest BCUT2D eigenvalue weighted by Crippen LogP contribution is -2.29. The molecule has 2 rings (SSSR count). The Hall–Kier alpha value is -0.780. The Kier molecular flexibility index (Phi) is 4.38. The van der Waals surface area contributed by atoms with Crippen molar-refractivity contribution in [2.24, 2.45) is 5.92 Å². The first-order valence-electron chi connectivity index (χ1n) is 6.18. The van der Waals surface area contributed by atoms with Crippen molar-refractivity contribution in [2.45, 2.75) is 23.6 Å². The van der Waals surface area contributed by atoms with Gasteiger partial charge in [0, 0.05) is 19.2 Å². The molecule has 0 radical (unpaired) electrons. The predicted octanol–water partition coefficient (Wildman–Crippen LogP) is 2.46. The Morgan fingerprint density at radius 2 is 2.11 bits per heavy atom. The van der Waals surface area contributed by atoms with E-state index in [4.69, 9.17) is 16.3 Å². The summed E-state index contributed by atoms with van der Waals surface area (Å²) in [5, 5.41) is 0. The van der Waals surface area contributed by atoms with Crippen LogP contribution in [0.4, 0.5) is 0 Å². The number of benzene rings is 1. The number of halogens is 1. The van der Waals surface area contributed by atoms with Crippen LogP contribution < -0.4 is 4.74 Å². The van der Waals surface area contributed by atoms with Crippen LogP contribution in [0.5, 0.6) is 5.75 Å². The summed E-state index contributed by atoms with van der Waals surface area (Å²) in [7, 11) is -0.269. The molecule has 1 aliphatic carbocycles. The zero-order chi connectivity index (χ0) is 14.0. The van der Waals surface area contributed by atoms with Crippen molar-refractivity contribution in [3.63, 3.8) is 0 Å². The fourth-order valence-corrected chi connectivity index (χ4v) is 3.47. The Morgan fingerprint density at radius 3 is 2.63 bits per heavy atom. The fourth-order valence-electron chi connectivity index (χ4n) is 1.96. The lowest BCUT2D eigenvalue weighted by molar-refractivity contribution is 0.410. The zero-order valence-corrected chi connectivity index (χ0v) is 12.7. The number of nitrogens with zero attached hydrogens (tertiary/aromatic N) is 1. The highest BCUT2D eigenvalue weighted by Crippen LogP contribution is 2.31. The van der Waals surface area contributed by atoms with Crippen molar-refractivity contribution >= 4 is 21.6 Å². The molecule has 0 aliphatic heterocycles. The molecule has 0 heterocycles. The number of rotatable bonds is 6. The molecule has 1 fully saturated rings. The zero-order valence-electron chi connectivity index (χ0n) is 11.1. The SMILES string of the molecule is COc1ccc(S(=O)(=O)N(C)CC2CC2)cc1CCl. The normalized spacial score (nSPS) is 15.8. The van der Waals surface area contributed by atoms with Gasteiger partial charge in [-0.25, -0.2) is 12.7 Å². The molecule has 1 aromatic carbocycles. The molecule has 19 heavy (non-hydrogen) atoms. The molecule has 6 heteroatoms. The van der Waals surface area contributed by atoms with E-state index in [-0.39, 0.29) is 10.8 Å². The van der Waals surface area contributed by atoms with Gasteiger partial charge in [0.2, 0.25) is 10.0 Å². The molecular weight excluding hydrogens is 286 g/mol. The predicted molar refractivity (Wildman–Crippen MR) is 75.1 cm³/mol. The molecule has 4 nitrogen and oxygen atoms in total. The minimum Gasteiger partial charge on any atom is -0.496 e. The summed E-state index contributed by atoms with van der Waals surface area (Å²) in [6.07, 6.45) is 2.24. The van der Waals surface area contributed by atoms with Crippen LogP contribution in [0.2, 0.25) is 0 Å². The molecule has 0 unspecified atom stereocenters. The standard InChI is InChI=1S/C13H18ClNO3S/c1-15(9-10-3-4-10)19(16,17)12-5-6-13(18-2)11(7-12)8-14/h5-7,10H,3-4,8-9H2,1-2H3. The number of ether oxygens (including phenoxy) is 1. The second kappa shape index (κ2) is 5.69. The number of hydrogen-bond acceptors (Lipinski definition) is 3. The molecule has 0 aromatic heterocycles. The van der Waals surface area contributed by atoms with Crippen LogP contribution >= 0.6 is 11.6 Å². The monoisotopic (exact) mass is 303 g/mol. The van der Waals surface area contributed by atoms with Crippen LogP contribution in [0.15, 0.2) is 23.1 Å². The van der Waals surface area contributed by atoms with Crippen molar-refractivity contribution in [3.05, 3.63) is 23.8 Å². The summed E-state index contributed by atoms with van der Waals surface area (Å²) in [5.74, 6) is 1.35. The average molecular weight is 304 g/mol. The summed E-state index contributed by atoms with van der Waals surface area (Å²) in [6, 6.07) is 4.80. The third-order valence-electron chi connectivity index (χ3n) is 3.32. The highest BCUT2D eigenvalue weighted by Gasteiger charge is 2.29. The van der Waals surface area contributed by atoms with Crippen molar-refractivity contribution in [3.8, 4) is 5.75 Å². The molecule has 1 aromatic rings. The maximum absolute atomic E-state index is 12.4. The van der Waals surface area contributed by atoms with E-state index in [0.29, 0.717) is 23.8 Å². The molecule has 0 amide bonds. The second-order valence-electron chi connectivity index (χ2n) is 4.84. The van der Waals surface area contributed by atoms with Gasteiger partial charge in [-0.3, -0.25) is 0 Å². The van der Waals surface area contributed by atoms with Crippen LogP contribution in [0.25, 0.3) is 0 Å². The topological polar surface area (TPSA) is 46.6 Å². The first-order valence-corrected chi connectivity index (χ1v) is 8.15. The van der Waals surface area contributed by atoms with E-state index in [2.05, 4.69) is 0 Å².